The van der Waals surface area contributed by atoms with E-state index < -0.39 is 11.7 Å². The van der Waals surface area contributed by atoms with Gasteiger partial charge in [-0.2, -0.15) is 23.3 Å². The summed E-state index contributed by atoms with van der Waals surface area (Å²) >= 11 is 5.58. The molecule has 23 heavy (non-hydrogen) atoms. The van der Waals surface area contributed by atoms with Gasteiger partial charge >= 0.3 is 6.18 Å². The zero-order valence-corrected chi connectivity index (χ0v) is 13.2. The average Bonchev–Trinajstić information content (AvgIpc) is 2.46. The molecule has 1 aromatic heterocycles. The van der Waals surface area contributed by atoms with Gasteiger partial charge in [-0.15, -0.1) is 5.10 Å². The van der Waals surface area contributed by atoms with Gasteiger partial charge in [-0.25, -0.2) is 0 Å². The van der Waals surface area contributed by atoms with Crippen molar-refractivity contribution in [3.63, 3.8) is 0 Å². The van der Waals surface area contributed by atoms with Crippen molar-refractivity contribution in [3.8, 4) is 0 Å². The van der Waals surface area contributed by atoms with Gasteiger partial charge < -0.3 is 10.6 Å². The van der Waals surface area contributed by atoms with Crippen molar-refractivity contribution in [1.82, 2.24) is 15.2 Å². The van der Waals surface area contributed by atoms with Gasteiger partial charge in [0.25, 0.3) is 0 Å². The highest BCUT2D eigenvalue weighted by Crippen LogP contribution is 2.36. The molecule has 0 atom stereocenters. The third-order valence-corrected chi connectivity index (χ3v) is 3.11. The van der Waals surface area contributed by atoms with Gasteiger partial charge in [0.05, 0.1) is 16.8 Å². The Morgan fingerprint density at radius 2 is 2.00 bits per heavy atom. The normalized spacial score (nSPS) is 11.6. The molecule has 0 aliphatic rings. The predicted molar refractivity (Wildman–Crippen MR) is 82.9 cm³/mol. The van der Waals surface area contributed by atoms with E-state index in [1.54, 1.807) is 0 Å². The molecule has 0 fully saturated rings. The lowest BCUT2D eigenvalue weighted by Gasteiger charge is -2.12. The number of anilines is 3. The number of hydrogen-bond donors (Lipinski definition) is 2. The number of halogens is 4. The monoisotopic (exact) mass is 345 g/mol. The molecule has 0 unspecified atom stereocenters. The lowest BCUT2D eigenvalue weighted by Crippen LogP contribution is -2.11. The Morgan fingerprint density at radius 1 is 1.26 bits per heavy atom. The first kappa shape index (κ1) is 17.3. The van der Waals surface area contributed by atoms with Crippen LogP contribution in [-0.2, 0) is 6.18 Å². The minimum Gasteiger partial charge on any atom is -0.368 e. The minimum atomic E-state index is -4.53. The molecule has 0 saturated heterocycles. The van der Waals surface area contributed by atoms with Crippen LogP contribution in [0.4, 0.5) is 30.6 Å². The second kappa shape index (κ2) is 6.99. The lowest BCUT2D eigenvalue weighted by atomic mass is 10.2. The summed E-state index contributed by atoms with van der Waals surface area (Å²) in [6.45, 7) is 4.76. The number of alkyl halides is 3. The van der Waals surface area contributed by atoms with Gasteiger partial charge in [0.1, 0.15) is 0 Å². The van der Waals surface area contributed by atoms with Crippen LogP contribution in [0.2, 0.25) is 5.02 Å². The minimum absolute atomic E-state index is 0.0919. The van der Waals surface area contributed by atoms with Crippen LogP contribution >= 0.6 is 11.6 Å². The average molecular weight is 346 g/mol. The zero-order chi connectivity index (χ0) is 17.0. The number of aromatic nitrogens is 3. The van der Waals surface area contributed by atoms with Crippen LogP contribution in [-0.4, -0.2) is 21.7 Å². The van der Waals surface area contributed by atoms with E-state index >= 15 is 0 Å². The van der Waals surface area contributed by atoms with Gasteiger partial charge in [0.2, 0.25) is 5.95 Å². The second-order valence-electron chi connectivity index (χ2n) is 5.26. The van der Waals surface area contributed by atoms with E-state index in [9.17, 15) is 13.2 Å². The van der Waals surface area contributed by atoms with Crippen LogP contribution in [0.15, 0.2) is 24.4 Å². The first-order valence-electron chi connectivity index (χ1n) is 6.83. The maximum Gasteiger partial charge on any atom is 0.417 e. The zero-order valence-electron chi connectivity index (χ0n) is 12.4. The van der Waals surface area contributed by atoms with Crippen molar-refractivity contribution in [2.24, 2.45) is 5.92 Å². The Morgan fingerprint density at radius 3 is 2.65 bits per heavy atom. The molecule has 5 nitrogen and oxygen atoms in total. The van der Waals surface area contributed by atoms with E-state index in [1.807, 2.05) is 13.8 Å². The summed E-state index contributed by atoms with van der Waals surface area (Å²) in [6.07, 6.45) is -3.09. The first-order valence-corrected chi connectivity index (χ1v) is 7.21. The molecule has 2 rings (SSSR count). The molecular formula is C14H15ClF3N5. The van der Waals surface area contributed by atoms with Gasteiger partial charge in [-0.05, 0) is 24.1 Å². The Kier molecular flexibility index (Phi) is 5.25. The maximum absolute atomic E-state index is 12.8. The number of nitrogens with one attached hydrogen (secondary N) is 2. The third kappa shape index (κ3) is 4.95. The maximum atomic E-state index is 12.8. The molecule has 124 valence electrons. The highest BCUT2D eigenvalue weighted by Gasteiger charge is 2.33. The highest BCUT2D eigenvalue weighted by atomic mass is 35.5. The highest BCUT2D eigenvalue weighted by molar-refractivity contribution is 6.31. The van der Waals surface area contributed by atoms with Crippen LogP contribution in [0.1, 0.15) is 19.4 Å². The predicted octanol–water partition coefficient (Wildman–Crippen LogP) is 4.36. The molecule has 0 bridgehead atoms. The molecule has 1 heterocycles. The first-order chi connectivity index (χ1) is 10.8. The number of benzene rings is 1. The topological polar surface area (TPSA) is 62.7 Å². The summed E-state index contributed by atoms with van der Waals surface area (Å²) in [7, 11) is 0. The van der Waals surface area contributed by atoms with Crippen LogP contribution in [0.5, 0.6) is 0 Å². The molecule has 0 amide bonds. The van der Waals surface area contributed by atoms with Crippen LogP contribution in [0.25, 0.3) is 0 Å². The molecule has 2 N–H and O–H groups in total. The smallest absolute Gasteiger partial charge is 0.368 e. The molecular weight excluding hydrogens is 331 g/mol. The number of rotatable bonds is 5. The Hall–Kier alpha value is -2.09. The number of nitrogens with zero attached hydrogens (tertiary/aromatic N) is 3. The van der Waals surface area contributed by atoms with E-state index in [0.717, 1.165) is 6.07 Å². The molecule has 0 aliphatic heterocycles. The van der Waals surface area contributed by atoms with E-state index in [-0.39, 0.29) is 16.7 Å². The van der Waals surface area contributed by atoms with Crippen molar-refractivity contribution in [2.45, 2.75) is 20.0 Å². The van der Waals surface area contributed by atoms with E-state index in [2.05, 4.69) is 25.8 Å². The molecule has 2 aromatic rings. The molecule has 0 spiro atoms. The summed E-state index contributed by atoms with van der Waals surface area (Å²) in [6, 6.07) is 3.48. The van der Waals surface area contributed by atoms with Gasteiger partial charge in [0.15, 0.2) is 5.82 Å². The van der Waals surface area contributed by atoms with Crippen LogP contribution < -0.4 is 10.6 Å². The van der Waals surface area contributed by atoms with Gasteiger partial charge in [-0.1, -0.05) is 25.4 Å². The molecule has 0 saturated carbocycles. The summed E-state index contributed by atoms with van der Waals surface area (Å²) in [4.78, 5) is 4.14. The second-order valence-corrected chi connectivity index (χ2v) is 5.66. The van der Waals surface area contributed by atoms with E-state index in [4.69, 9.17) is 11.6 Å². The van der Waals surface area contributed by atoms with Gasteiger partial charge in [0, 0.05) is 12.2 Å². The molecule has 1 aromatic carbocycles. The van der Waals surface area contributed by atoms with Crippen LogP contribution in [0, 0.1) is 5.92 Å². The SMILES string of the molecule is CC(C)CNc1cnnc(Nc2ccc(Cl)c(C(F)(F)F)c2)n1. The van der Waals surface area contributed by atoms with E-state index in [0.29, 0.717) is 18.3 Å². The van der Waals surface area contributed by atoms with E-state index in [1.165, 1.54) is 18.3 Å². The molecule has 9 heteroatoms. The summed E-state index contributed by atoms with van der Waals surface area (Å²) < 4.78 is 38.5. The standard InChI is InChI=1S/C14H15ClF3N5/c1-8(2)6-19-12-7-20-23-13(22-12)21-9-3-4-11(15)10(5-9)14(16,17)18/h3-5,7-8H,6H2,1-2H3,(H2,19,21,22,23). The molecule has 0 aliphatic carbocycles. The quantitative estimate of drug-likeness (QED) is 0.843. The Balaban J connectivity index is 2.18. The van der Waals surface area contributed by atoms with Crippen molar-refractivity contribution in [2.75, 3.05) is 17.2 Å². The summed E-state index contributed by atoms with van der Waals surface area (Å²) in [5.41, 5.74) is -0.754. The largest absolute Gasteiger partial charge is 0.417 e. The lowest BCUT2D eigenvalue weighted by molar-refractivity contribution is -0.137. The summed E-state index contributed by atoms with van der Waals surface area (Å²) in [5, 5.41) is 12.9. The van der Waals surface area contributed by atoms with Crippen molar-refractivity contribution >= 4 is 29.1 Å². The fourth-order valence-electron chi connectivity index (χ4n) is 1.70. The van der Waals surface area contributed by atoms with Crippen molar-refractivity contribution in [1.29, 1.82) is 0 Å². The Bertz CT molecular complexity index is 676. The fourth-order valence-corrected chi connectivity index (χ4v) is 1.92. The third-order valence-electron chi connectivity index (χ3n) is 2.78. The van der Waals surface area contributed by atoms with Gasteiger partial charge in [-0.3, -0.25) is 0 Å². The Labute approximate surface area is 136 Å². The number of hydrogen-bond acceptors (Lipinski definition) is 5. The summed E-state index contributed by atoms with van der Waals surface area (Å²) in [5.74, 6) is 0.988. The van der Waals surface area contributed by atoms with Crippen molar-refractivity contribution < 1.29 is 13.2 Å². The van der Waals surface area contributed by atoms with Crippen LogP contribution in [0.3, 0.4) is 0 Å². The van der Waals surface area contributed by atoms with Crippen molar-refractivity contribution in [3.05, 3.63) is 35.0 Å². The molecule has 0 radical (unpaired) electrons. The fraction of sp³-hybridized carbons (Fsp3) is 0.357.